The number of nitrogens with one attached hydrogen (secondary N) is 1. The molecule has 2 aromatic carbocycles. The monoisotopic (exact) mass is 453 g/mol. The van der Waals surface area contributed by atoms with Crippen molar-refractivity contribution >= 4 is 11.8 Å². The van der Waals surface area contributed by atoms with Crippen LogP contribution in [-0.2, 0) is 4.79 Å². The van der Waals surface area contributed by atoms with Crippen molar-refractivity contribution in [2.45, 2.75) is 39.0 Å². The number of halogens is 1. The minimum absolute atomic E-state index is 0.0713. The molecule has 3 rings (SSSR count). The van der Waals surface area contributed by atoms with Gasteiger partial charge < -0.3 is 15.0 Å². The van der Waals surface area contributed by atoms with Gasteiger partial charge in [0.05, 0.1) is 0 Å². The first kappa shape index (κ1) is 24.5. The highest BCUT2D eigenvalue weighted by atomic mass is 19.1. The molecular weight excluding hydrogens is 421 g/mol. The number of ether oxygens (including phenoxy) is 1. The Morgan fingerprint density at radius 2 is 1.82 bits per heavy atom. The summed E-state index contributed by atoms with van der Waals surface area (Å²) in [6.45, 7) is 11.2. The highest BCUT2D eigenvalue weighted by Gasteiger charge is 2.33. The van der Waals surface area contributed by atoms with Crippen LogP contribution >= 0.6 is 0 Å². The van der Waals surface area contributed by atoms with Gasteiger partial charge in [-0.2, -0.15) is 0 Å². The van der Waals surface area contributed by atoms with Crippen molar-refractivity contribution in [1.29, 1.82) is 0 Å². The molecule has 0 aromatic heterocycles. The van der Waals surface area contributed by atoms with Crippen molar-refractivity contribution in [1.82, 2.24) is 15.1 Å². The zero-order valence-corrected chi connectivity index (χ0v) is 19.7. The number of aryl methyl sites for hydroxylation is 1. The van der Waals surface area contributed by atoms with Crippen LogP contribution in [-0.4, -0.2) is 60.4 Å². The van der Waals surface area contributed by atoms with Crippen LogP contribution in [0.3, 0.4) is 0 Å². The smallest absolute Gasteiger partial charge is 0.251 e. The van der Waals surface area contributed by atoms with E-state index < -0.39 is 6.10 Å². The van der Waals surface area contributed by atoms with Crippen molar-refractivity contribution in [2.75, 3.05) is 26.7 Å². The molecule has 0 spiro atoms. The molecule has 1 aliphatic heterocycles. The van der Waals surface area contributed by atoms with Gasteiger partial charge in [0.2, 0.25) is 5.91 Å². The Kier molecular flexibility index (Phi) is 7.87. The van der Waals surface area contributed by atoms with Crippen molar-refractivity contribution in [3.63, 3.8) is 0 Å². The Morgan fingerprint density at radius 3 is 2.36 bits per heavy atom. The third-order valence-electron chi connectivity index (χ3n) is 6.15. The Balaban J connectivity index is 1.84. The molecule has 0 bridgehead atoms. The van der Waals surface area contributed by atoms with Gasteiger partial charge >= 0.3 is 0 Å². The molecule has 2 amide bonds. The van der Waals surface area contributed by atoms with E-state index in [-0.39, 0.29) is 29.7 Å². The van der Waals surface area contributed by atoms with E-state index in [2.05, 4.69) is 30.6 Å². The Bertz CT molecular complexity index is 996. The molecule has 7 heteroatoms. The largest absolute Gasteiger partial charge is 0.484 e. The molecular formula is C26H32FN3O3. The minimum Gasteiger partial charge on any atom is -0.484 e. The molecule has 0 aliphatic carbocycles. The summed E-state index contributed by atoms with van der Waals surface area (Å²) in [6.07, 6.45) is 0.913. The second-order valence-electron chi connectivity index (χ2n) is 8.56. The number of nitrogens with zero attached hydrogens (tertiary/aromatic N) is 2. The molecule has 2 aromatic rings. The molecule has 1 aliphatic rings. The average Bonchev–Trinajstić information content (AvgIpc) is 2.81. The lowest BCUT2D eigenvalue weighted by molar-refractivity contribution is -0.130. The van der Waals surface area contributed by atoms with E-state index in [0.717, 1.165) is 5.56 Å². The molecule has 0 radical (unpaired) electrons. The van der Waals surface area contributed by atoms with Gasteiger partial charge in [0.25, 0.3) is 5.91 Å². The number of hydrogen-bond donors (Lipinski definition) is 1. The zero-order valence-electron chi connectivity index (χ0n) is 19.7. The Morgan fingerprint density at radius 1 is 1.18 bits per heavy atom. The van der Waals surface area contributed by atoms with Gasteiger partial charge in [0.1, 0.15) is 17.7 Å². The van der Waals surface area contributed by atoms with E-state index in [4.69, 9.17) is 4.74 Å². The highest BCUT2D eigenvalue weighted by molar-refractivity contribution is 5.94. The number of benzene rings is 2. The Labute approximate surface area is 195 Å². The maximum Gasteiger partial charge on any atom is 0.251 e. The average molecular weight is 454 g/mol. The number of carbonyl (C=O) groups is 2. The number of piperazine rings is 1. The molecule has 1 N–H and O–H groups in total. The van der Waals surface area contributed by atoms with Gasteiger partial charge in [-0.15, -0.1) is 0 Å². The lowest BCUT2D eigenvalue weighted by Crippen LogP contribution is -2.58. The summed E-state index contributed by atoms with van der Waals surface area (Å²) < 4.78 is 20.7. The minimum atomic E-state index is -0.433. The molecule has 33 heavy (non-hydrogen) atoms. The predicted octanol–water partition coefficient (Wildman–Crippen LogP) is 3.72. The van der Waals surface area contributed by atoms with E-state index in [1.165, 1.54) is 12.1 Å². The third-order valence-corrected chi connectivity index (χ3v) is 6.15. The van der Waals surface area contributed by atoms with Crippen molar-refractivity contribution in [3.05, 3.63) is 77.6 Å². The fourth-order valence-corrected chi connectivity index (χ4v) is 4.23. The standard InChI is InChI=1S/C26H32FN3O3/c1-6-25(31)29-14-18(3)30(19(4)15-29)16-24(21-8-7-17(2)23(27)13-21)33-22-11-9-20(10-12-22)26(32)28-5/h6-13,18-19,24H,1,14-16H2,2-5H3,(H,28,32)/t18-,19-,24-/m1/s1. The quantitative estimate of drug-likeness (QED) is 0.649. The molecule has 0 saturated carbocycles. The third kappa shape index (κ3) is 5.79. The van der Waals surface area contributed by atoms with Crippen molar-refractivity contribution in [3.8, 4) is 5.75 Å². The molecule has 0 unspecified atom stereocenters. The van der Waals surface area contributed by atoms with Crippen molar-refractivity contribution < 1.29 is 18.7 Å². The molecule has 176 valence electrons. The lowest BCUT2D eigenvalue weighted by atomic mass is 10.0. The summed E-state index contributed by atoms with van der Waals surface area (Å²) in [5.74, 6) is 0.0687. The molecule has 1 fully saturated rings. The molecule has 3 atom stereocenters. The van der Waals surface area contributed by atoms with Crippen LogP contribution in [0, 0.1) is 12.7 Å². The van der Waals surface area contributed by atoms with Crippen LogP contribution in [0.5, 0.6) is 5.75 Å². The first-order valence-electron chi connectivity index (χ1n) is 11.2. The molecule has 1 saturated heterocycles. The molecule has 1 heterocycles. The van der Waals surface area contributed by atoms with Gasteiger partial charge in [-0.1, -0.05) is 18.7 Å². The maximum absolute atomic E-state index is 14.4. The van der Waals surface area contributed by atoms with Gasteiger partial charge in [-0.25, -0.2) is 4.39 Å². The second-order valence-corrected chi connectivity index (χ2v) is 8.56. The van der Waals surface area contributed by atoms with E-state index in [1.807, 2.05) is 6.07 Å². The molecule has 6 nitrogen and oxygen atoms in total. The van der Waals surface area contributed by atoms with Gasteiger partial charge in [0.15, 0.2) is 0 Å². The zero-order chi connectivity index (χ0) is 24.1. The number of rotatable bonds is 7. The number of carbonyl (C=O) groups excluding carboxylic acids is 2. The maximum atomic E-state index is 14.4. The summed E-state index contributed by atoms with van der Waals surface area (Å²) in [7, 11) is 1.58. The van der Waals surface area contributed by atoms with Gasteiger partial charge in [-0.05, 0) is 68.3 Å². The van der Waals surface area contributed by atoms with Crippen LogP contribution in [0.15, 0.2) is 55.1 Å². The fourth-order valence-electron chi connectivity index (χ4n) is 4.23. The van der Waals surface area contributed by atoms with Gasteiger partial charge in [-0.3, -0.25) is 14.5 Å². The first-order chi connectivity index (χ1) is 15.7. The number of hydrogen-bond acceptors (Lipinski definition) is 4. The normalized spacial score (nSPS) is 19.6. The van der Waals surface area contributed by atoms with Gasteiger partial charge in [0, 0.05) is 44.3 Å². The lowest BCUT2D eigenvalue weighted by Gasteiger charge is -2.45. The predicted molar refractivity (Wildman–Crippen MR) is 127 cm³/mol. The van der Waals surface area contributed by atoms with Crippen LogP contribution in [0.1, 0.15) is 41.4 Å². The summed E-state index contributed by atoms with van der Waals surface area (Å²) in [6, 6.07) is 12.2. The fraction of sp³-hybridized carbons (Fsp3) is 0.385. The van der Waals surface area contributed by atoms with Crippen LogP contribution < -0.4 is 10.1 Å². The van der Waals surface area contributed by atoms with E-state index in [1.54, 1.807) is 49.2 Å². The van der Waals surface area contributed by atoms with Crippen LogP contribution in [0.25, 0.3) is 0 Å². The van der Waals surface area contributed by atoms with Crippen molar-refractivity contribution in [2.24, 2.45) is 0 Å². The Hall–Kier alpha value is -3.19. The van der Waals surface area contributed by atoms with E-state index >= 15 is 0 Å². The second kappa shape index (κ2) is 10.6. The summed E-state index contributed by atoms with van der Waals surface area (Å²) in [5, 5.41) is 2.60. The van der Waals surface area contributed by atoms with Crippen LogP contribution in [0.2, 0.25) is 0 Å². The number of amides is 2. The topological polar surface area (TPSA) is 61.9 Å². The van der Waals surface area contributed by atoms with E-state index in [0.29, 0.717) is 36.5 Å². The van der Waals surface area contributed by atoms with E-state index in [9.17, 15) is 14.0 Å². The summed E-state index contributed by atoms with van der Waals surface area (Å²) in [5.41, 5.74) is 1.84. The summed E-state index contributed by atoms with van der Waals surface area (Å²) >= 11 is 0. The highest BCUT2D eigenvalue weighted by Crippen LogP contribution is 2.28. The van der Waals surface area contributed by atoms with Crippen LogP contribution in [0.4, 0.5) is 4.39 Å². The summed E-state index contributed by atoms with van der Waals surface area (Å²) in [4.78, 5) is 28.0. The first-order valence-corrected chi connectivity index (χ1v) is 11.2. The SMILES string of the molecule is C=CC(=O)N1C[C@@H](C)N(C[C@@H](Oc2ccc(C(=O)NC)cc2)c2ccc(C)c(F)c2)[C@H](C)C1.